The first-order valence-electron chi connectivity index (χ1n) is 10.8. The minimum absolute atomic E-state index is 0.0648. The highest BCUT2D eigenvalue weighted by Crippen LogP contribution is 2.38. The van der Waals surface area contributed by atoms with Gasteiger partial charge >= 0.3 is 0 Å². The summed E-state index contributed by atoms with van der Waals surface area (Å²) >= 11 is 0. The fraction of sp³-hybridized carbons (Fsp3) is 0.375. The summed E-state index contributed by atoms with van der Waals surface area (Å²) in [6.45, 7) is 0.697. The van der Waals surface area contributed by atoms with Crippen molar-refractivity contribution in [3.63, 3.8) is 0 Å². The van der Waals surface area contributed by atoms with Crippen LogP contribution in [-0.4, -0.2) is 60.2 Å². The Bertz CT molecular complexity index is 1080. The predicted octanol–water partition coefficient (Wildman–Crippen LogP) is 2.35. The number of piperidine rings is 1. The molecule has 1 fully saturated rings. The standard InChI is InChI=1S/C24H26F2N4O3/c1-29-23(32)24(14-16-5-3-2-4-6-16)15-30(11-9-21(24)28-29)22(31)20(27)10-12-33-17-7-8-18(25)19(26)13-17/h2-8,13,20H,9-12,14-15,27H2,1H3/t20-,24-/m1/s1. The fourth-order valence-electron chi connectivity index (χ4n) is 4.44. The molecular formula is C24H26F2N4O3. The lowest BCUT2D eigenvalue weighted by Crippen LogP contribution is -2.58. The summed E-state index contributed by atoms with van der Waals surface area (Å²) in [4.78, 5) is 27.9. The van der Waals surface area contributed by atoms with Crippen molar-refractivity contribution in [2.75, 3.05) is 26.7 Å². The second kappa shape index (κ2) is 9.27. The average Bonchev–Trinajstić information content (AvgIpc) is 3.05. The number of hydrogen-bond acceptors (Lipinski definition) is 5. The van der Waals surface area contributed by atoms with Crippen molar-refractivity contribution in [3.05, 3.63) is 65.7 Å². The maximum absolute atomic E-state index is 13.3. The van der Waals surface area contributed by atoms with Gasteiger partial charge in [-0.2, -0.15) is 5.10 Å². The topological polar surface area (TPSA) is 88.2 Å². The average molecular weight is 456 g/mol. The van der Waals surface area contributed by atoms with Crippen LogP contribution in [0.5, 0.6) is 5.75 Å². The molecule has 0 bridgehead atoms. The number of amides is 2. The van der Waals surface area contributed by atoms with Crippen molar-refractivity contribution in [2.45, 2.75) is 25.3 Å². The summed E-state index contributed by atoms with van der Waals surface area (Å²) in [5.41, 5.74) is 7.02. The second-order valence-corrected chi connectivity index (χ2v) is 8.45. The van der Waals surface area contributed by atoms with E-state index in [-0.39, 0.29) is 37.1 Å². The molecule has 174 valence electrons. The lowest BCUT2D eigenvalue weighted by Gasteiger charge is -2.40. The molecule has 2 aromatic carbocycles. The zero-order valence-electron chi connectivity index (χ0n) is 18.3. The largest absolute Gasteiger partial charge is 0.493 e. The zero-order valence-corrected chi connectivity index (χ0v) is 18.3. The number of rotatable bonds is 7. The molecule has 0 saturated carbocycles. The Balaban J connectivity index is 1.42. The third-order valence-electron chi connectivity index (χ3n) is 6.17. The highest BCUT2D eigenvalue weighted by molar-refractivity contribution is 6.13. The molecule has 2 aliphatic heterocycles. The summed E-state index contributed by atoms with van der Waals surface area (Å²) in [7, 11) is 1.63. The SMILES string of the molecule is CN1N=C2CCN(C(=O)[C@H](N)CCOc3ccc(F)c(F)c3)C[C@@]2(Cc2ccccc2)C1=O. The number of halogens is 2. The lowest BCUT2D eigenvalue weighted by molar-refractivity contribution is -0.140. The smallest absolute Gasteiger partial charge is 0.256 e. The molecule has 2 heterocycles. The van der Waals surface area contributed by atoms with Gasteiger partial charge in [-0.1, -0.05) is 30.3 Å². The third kappa shape index (κ3) is 4.59. The molecule has 2 amide bonds. The summed E-state index contributed by atoms with van der Waals surface area (Å²) in [6.07, 6.45) is 1.13. The summed E-state index contributed by atoms with van der Waals surface area (Å²) in [5, 5.41) is 5.81. The first-order chi connectivity index (χ1) is 15.8. The van der Waals surface area contributed by atoms with Crippen LogP contribution in [0, 0.1) is 17.0 Å². The van der Waals surface area contributed by atoms with Gasteiger partial charge in [0.1, 0.15) is 11.2 Å². The number of hydrogen-bond donors (Lipinski definition) is 1. The maximum atomic E-state index is 13.3. The van der Waals surface area contributed by atoms with Gasteiger partial charge in [0.25, 0.3) is 5.91 Å². The van der Waals surface area contributed by atoms with E-state index < -0.39 is 23.1 Å². The van der Waals surface area contributed by atoms with Crippen LogP contribution in [0.25, 0.3) is 0 Å². The van der Waals surface area contributed by atoms with Crippen molar-refractivity contribution in [2.24, 2.45) is 16.3 Å². The van der Waals surface area contributed by atoms with Gasteiger partial charge in [0, 0.05) is 39.0 Å². The molecule has 33 heavy (non-hydrogen) atoms. The number of fused-ring (bicyclic) bond motifs is 1. The maximum Gasteiger partial charge on any atom is 0.256 e. The molecular weight excluding hydrogens is 430 g/mol. The van der Waals surface area contributed by atoms with Crippen LogP contribution >= 0.6 is 0 Å². The van der Waals surface area contributed by atoms with Crippen LogP contribution in [0.15, 0.2) is 53.6 Å². The van der Waals surface area contributed by atoms with E-state index in [0.29, 0.717) is 19.4 Å². The Hall–Kier alpha value is -3.33. The van der Waals surface area contributed by atoms with E-state index in [9.17, 15) is 18.4 Å². The Morgan fingerprint density at radius 1 is 1.21 bits per heavy atom. The molecule has 0 aromatic heterocycles. The number of benzene rings is 2. The normalized spacial score (nSPS) is 21.0. The molecule has 1 saturated heterocycles. The zero-order chi connectivity index (χ0) is 23.6. The third-order valence-corrected chi connectivity index (χ3v) is 6.17. The highest BCUT2D eigenvalue weighted by atomic mass is 19.2. The summed E-state index contributed by atoms with van der Waals surface area (Å²) in [6, 6.07) is 12.1. The van der Waals surface area contributed by atoms with Gasteiger partial charge in [-0.3, -0.25) is 9.59 Å². The lowest BCUT2D eigenvalue weighted by atomic mass is 9.73. The van der Waals surface area contributed by atoms with Gasteiger partial charge in [0.2, 0.25) is 5.91 Å². The van der Waals surface area contributed by atoms with Gasteiger partial charge < -0.3 is 15.4 Å². The minimum atomic E-state index is -1.01. The molecule has 0 aliphatic carbocycles. The van der Waals surface area contributed by atoms with Gasteiger partial charge in [0.05, 0.1) is 18.4 Å². The van der Waals surface area contributed by atoms with Gasteiger partial charge in [-0.15, -0.1) is 0 Å². The molecule has 4 rings (SSSR count). The van der Waals surface area contributed by atoms with Crippen LogP contribution in [0.3, 0.4) is 0 Å². The molecule has 0 radical (unpaired) electrons. The monoisotopic (exact) mass is 456 g/mol. The molecule has 0 unspecified atom stereocenters. The van der Waals surface area contributed by atoms with Crippen LogP contribution in [0.1, 0.15) is 18.4 Å². The van der Waals surface area contributed by atoms with E-state index in [1.165, 1.54) is 11.1 Å². The predicted molar refractivity (Wildman–Crippen MR) is 118 cm³/mol. The minimum Gasteiger partial charge on any atom is -0.493 e. The molecule has 7 nitrogen and oxygen atoms in total. The van der Waals surface area contributed by atoms with E-state index in [4.69, 9.17) is 10.5 Å². The van der Waals surface area contributed by atoms with Crippen molar-refractivity contribution in [1.82, 2.24) is 9.91 Å². The van der Waals surface area contributed by atoms with Gasteiger partial charge in [0.15, 0.2) is 11.6 Å². The van der Waals surface area contributed by atoms with Crippen LogP contribution in [0.4, 0.5) is 8.78 Å². The summed E-state index contributed by atoms with van der Waals surface area (Å²) < 4.78 is 31.8. The first-order valence-corrected chi connectivity index (χ1v) is 10.8. The number of carbonyl (C=O) groups is 2. The first kappa shape index (κ1) is 22.8. The van der Waals surface area contributed by atoms with E-state index in [1.807, 2.05) is 30.3 Å². The van der Waals surface area contributed by atoms with Crippen LogP contribution < -0.4 is 10.5 Å². The number of ether oxygens (including phenoxy) is 1. The van der Waals surface area contributed by atoms with E-state index >= 15 is 0 Å². The van der Waals surface area contributed by atoms with Crippen LogP contribution in [0.2, 0.25) is 0 Å². The molecule has 2 atom stereocenters. The highest BCUT2D eigenvalue weighted by Gasteiger charge is 2.53. The Morgan fingerprint density at radius 2 is 1.97 bits per heavy atom. The van der Waals surface area contributed by atoms with Gasteiger partial charge in [-0.25, -0.2) is 13.8 Å². The summed E-state index contributed by atoms with van der Waals surface area (Å²) in [5.74, 6) is -2.21. The van der Waals surface area contributed by atoms with Crippen LogP contribution in [-0.2, 0) is 16.0 Å². The number of carbonyl (C=O) groups excluding carboxylic acids is 2. The Kier molecular flexibility index (Phi) is 6.42. The molecule has 0 spiro atoms. The number of hydrazone groups is 1. The van der Waals surface area contributed by atoms with Crippen molar-refractivity contribution in [1.29, 1.82) is 0 Å². The van der Waals surface area contributed by atoms with E-state index in [1.54, 1.807) is 11.9 Å². The van der Waals surface area contributed by atoms with Crippen molar-refractivity contribution in [3.8, 4) is 5.75 Å². The molecule has 2 aromatic rings. The molecule has 9 heteroatoms. The van der Waals surface area contributed by atoms with E-state index in [0.717, 1.165) is 23.4 Å². The number of nitrogens with two attached hydrogens (primary N) is 1. The van der Waals surface area contributed by atoms with Crippen molar-refractivity contribution >= 4 is 17.5 Å². The molecule has 2 N–H and O–H groups in total. The van der Waals surface area contributed by atoms with Crippen molar-refractivity contribution < 1.29 is 23.1 Å². The molecule has 2 aliphatic rings. The Labute approximate surface area is 190 Å². The fourth-order valence-corrected chi connectivity index (χ4v) is 4.44. The second-order valence-electron chi connectivity index (χ2n) is 8.45. The number of nitrogens with zero attached hydrogens (tertiary/aromatic N) is 3. The number of likely N-dealkylation sites (tertiary alicyclic amines) is 1. The Morgan fingerprint density at radius 3 is 2.70 bits per heavy atom. The quantitative estimate of drug-likeness (QED) is 0.693. The van der Waals surface area contributed by atoms with Gasteiger partial charge in [-0.05, 0) is 24.1 Å². The van der Waals surface area contributed by atoms with E-state index in [2.05, 4.69) is 5.10 Å².